The third kappa shape index (κ3) is 13.1. The summed E-state index contributed by atoms with van der Waals surface area (Å²) in [6.45, 7) is 9.63. The van der Waals surface area contributed by atoms with Gasteiger partial charge in [0.1, 0.15) is 0 Å². The van der Waals surface area contributed by atoms with E-state index in [1.807, 2.05) is 13.8 Å². The van der Waals surface area contributed by atoms with Gasteiger partial charge in [-0.05, 0) is 12.3 Å². The Morgan fingerprint density at radius 3 is 2.25 bits per heavy atom. The smallest absolute Gasteiger partial charge is 0.333 e. The van der Waals surface area contributed by atoms with Crippen molar-refractivity contribution in [1.82, 2.24) is 21.5 Å². The minimum atomic E-state index is -0.361. The molecule has 0 bridgehead atoms. The van der Waals surface area contributed by atoms with Crippen LogP contribution >= 0.6 is 0 Å². The molecule has 0 saturated carbocycles. The van der Waals surface area contributed by atoms with Gasteiger partial charge in [-0.25, -0.2) is 10.2 Å². The highest BCUT2D eigenvalue weighted by Crippen LogP contribution is 2.04. The van der Waals surface area contributed by atoms with Crippen LogP contribution in [0.5, 0.6) is 0 Å². The van der Waals surface area contributed by atoms with Crippen LogP contribution in [0.3, 0.4) is 0 Å². The van der Waals surface area contributed by atoms with Crippen LogP contribution in [0.1, 0.15) is 53.4 Å². The van der Waals surface area contributed by atoms with E-state index in [0.717, 1.165) is 12.8 Å². The summed E-state index contributed by atoms with van der Waals surface area (Å²) < 4.78 is 0. The summed E-state index contributed by atoms with van der Waals surface area (Å²) in [6.07, 6.45) is 3.57. The van der Waals surface area contributed by atoms with Gasteiger partial charge in [-0.3, -0.25) is 10.2 Å². The average molecular weight is 286 g/mol. The van der Waals surface area contributed by atoms with Crippen LogP contribution in [0.4, 0.5) is 4.79 Å². The van der Waals surface area contributed by atoms with Gasteiger partial charge in [0.25, 0.3) is 0 Å². The fourth-order valence-electron chi connectivity index (χ4n) is 1.59. The summed E-state index contributed by atoms with van der Waals surface area (Å²) in [7, 11) is 0. The standard InChI is InChI=1S/C14H30N4O2/c1-11(2)7-5-6-9-16-14(20)18-17-13(19)8-10-15-12(3)4/h11-12,15H,5-10H2,1-4H3,(H,17,19)(H2,16,18,20). The molecule has 0 fully saturated rings. The quantitative estimate of drug-likeness (QED) is 0.383. The Kier molecular flexibility index (Phi) is 10.8. The fraction of sp³-hybridized carbons (Fsp3) is 0.857. The largest absolute Gasteiger partial charge is 0.337 e. The first-order chi connectivity index (χ1) is 9.41. The maximum absolute atomic E-state index is 11.4. The van der Waals surface area contributed by atoms with Crippen molar-refractivity contribution in [3.05, 3.63) is 0 Å². The molecule has 0 aromatic carbocycles. The molecular weight excluding hydrogens is 256 g/mol. The molecule has 6 nitrogen and oxygen atoms in total. The molecule has 0 unspecified atom stereocenters. The molecule has 118 valence electrons. The van der Waals surface area contributed by atoms with Gasteiger partial charge in [0.2, 0.25) is 5.91 Å². The predicted molar refractivity (Wildman–Crippen MR) is 81.1 cm³/mol. The van der Waals surface area contributed by atoms with Crippen molar-refractivity contribution in [2.75, 3.05) is 13.1 Å². The Balaban J connectivity index is 3.45. The van der Waals surface area contributed by atoms with Crippen molar-refractivity contribution >= 4 is 11.9 Å². The van der Waals surface area contributed by atoms with E-state index in [9.17, 15) is 9.59 Å². The number of unbranched alkanes of at least 4 members (excludes halogenated alkanes) is 1. The molecule has 0 saturated heterocycles. The van der Waals surface area contributed by atoms with Crippen LogP contribution in [0.2, 0.25) is 0 Å². The molecule has 0 heterocycles. The minimum Gasteiger partial charge on any atom is -0.337 e. The van der Waals surface area contributed by atoms with E-state index in [1.165, 1.54) is 6.42 Å². The topological polar surface area (TPSA) is 82.3 Å². The number of hydrogen-bond acceptors (Lipinski definition) is 3. The molecule has 20 heavy (non-hydrogen) atoms. The van der Waals surface area contributed by atoms with Crippen molar-refractivity contribution in [2.24, 2.45) is 5.92 Å². The maximum atomic E-state index is 11.4. The molecule has 0 aromatic rings. The van der Waals surface area contributed by atoms with Crippen LogP contribution in [-0.4, -0.2) is 31.1 Å². The lowest BCUT2D eigenvalue weighted by Gasteiger charge is -2.10. The van der Waals surface area contributed by atoms with E-state index in [-0.39, 0.29) is 11.9 Å². The Bertz CT molecular complexity index is 280. The molecule has 0 radical (unpaired) electrons. The summed E-state index contributed by atoms with van der Waals surface area (Å²) in [4.78, 5) is 22.8. The summed E-state index contributed by atoms with van der Waals surface area (Å²) in [5.41, 5.74) is 4.72. The molecule has 6 heteroatoms. The zero-order valence-electron chi connectivity index (χ0n) is 13.2. The molecule has 0 aliphatic carbocycles. The van der Waals surface area contributed by atoms with Crippen LogP contribution in [0.25, 0.3) is 0 Å². The van der Waals surface area contributed by atoms with Gasteiger partial charge in [-0.15, -0.1) is 0 Å². The monoisotopic (exact) mass is 286 g/mol. The highest BCUT2D eigenvalue weighted by atomic mass is 16.2. The van der Waals surface area contributed by atoms with E-state index in [4.69, 9.17) is 0 Å². The SMILES string of the molecule is CC(C)CCCCNC(=O)NNC(=O)CCNC(C)C. The summed E-state index contributed by atoms with van der Waals surface area (Å²) in [5, 5.41) is 5.84. The molecule has 0 atom stereocenters. The van der Waals surface area contributed by atoms with Crippen molar-refractivity contribution in [3.63, 3.8) is 0 Å². The second-order valence-electron chi connectivity index (χ2n) is 5.68. The second kappa shape index (κ2) is 11.5. The van der Waals surface area contributed by atoms with Gasteiger partial charge in [0, 0.05) is 25.6 Å². The predicted octanol–water partition coefficient (Wildman–Crippen LogP) is 1.53. The lowest BCUT2D eigenvalue weighted by Crippen LogP contribution is -2.47. The van der Waals surface area contributed by atoms with Crippen molar-refractivity contribution in [3.8, 4) is 0 Å². The zero-order chi connectivity index (χ0) is 15.4. The average Bonchev–Trinajstić information content (AvgIpc) is 2.35. The van der Waals surface area contributed by atoms with E-state index < -0.39 is 0 Å². The van der Waals surface area contributed by atoms with Gasteiger partial charge in [-0.2, -0.15) is 0 Å². The Hall–Kier alpha value is -1.30. The van der Waals surface area contributed by atoms with Gasteiger partial charge in [0.05, 0.1) is 0 Å². The molecule has 0 aliphatic rings. The van der Waals surface area contributed by atoms with Crippen molar-refractivity contribution in [2.45, 2.75) is 59.4 Å². The summed E-state index contributed by atoms with van der Waals surface area (Å²) >= 11 is 0. The van der Waals surface area contributed by atoms with Crippen molar-refractivity contribution in [1.29, 1.82) is 0 Å². The number of carbonyl (C=O) groups excluding carboxylic acids is 2. The second-order valence-corrected chi connectivity index (χ2v) is 5.68. The van der Waals surface area contributed by atoms with Crippen LogP contribution in [-0.2, 0) is 4.79 Å². The lowest BCUT2D eigenvalue weighted by molar-refractivity contribution is -0.121. The fourth-order valence-corrected chi connectivity index (χ4v) is 1.59. The molecule has 0 aliphatic heterocycles. The van der Waals surface area contributed by atoms with E-state index in [0.29, 0.717) is 31.5 Å². The van der Waals surface area contributed by atoms with Crippen LogP contribution < -0.4 is 21.5 Å². The Labute approximate surface area is 122 Å². The first-order valence-electron chi connectivity index (χ1n) is 7.48. The number of carbonyl (C=O) groups is 2. The normalized spacial score (nSPS) is 10.7. The number of hydrazine groups is 1. The Morgan fingerprint density at radius 2 is 1.65 bits per heavy atom. The third-order valence-electron chi connectivity index (χ3n) is 2.71. The number of nitrogens with one attached hydrogen (secondary N) is 4. The number of rotatable bonds is 9. The van der Waals surface area contributed by atoms with Gasteiger partial charge in [-0.1, -0.05) is 40.5 Å². The summed E-state index contributed by atoms with van der Waals surface area (Å²) in [6, 6.07) is -0.00962. The molecule has 0 aromatic heterocycles. The van der Waals surface area contributed by atoms with Gasteiger partial charge >= 0.3 is 6.03 Å². The van der Waals surface area contributed by atoms with Crippen LogP contribution in [0, 0.1) is 5.92 Å². The van der Waals surface area contributed by atoms with Gasteiger partial charge < -0.3 is 10.6 Å². The first kappa shape index (κ1) is 18.7. The van der Waals surface area contributed by atoms with E-state index >= 15 is 0 Å². The minimum absolute atomic E-state index is 0.201. The van der Waals surface area contributed by atoms with Crippen LogP contribution in [0.15, 0.2) is 0 Å². The molecule has 4 N–H and O–H groups in total. The number of urea groups is 1. The Morgan fingerprint density at radius 1 is 0.950 bits per heavy atom. The third-order valence-corrected chi connectivity index (χ3v) is 2.71. The first-order valence-corrected chi connectivity index (χ1v) is 7.48. The van der Waals surface area contributed by atoms with E-state index in [1.54, 1.807) is 0 Å². The maximum Gasteiger partial charge on any atom is 0.333 e. The highest BCUT2D eigenvalue weighted by Gasteiger charge is 2.04. The lowest BCUT2D eigenvalue weighted by atomic mass is 10.1. The molecular formula is C14H30N4O2. The highest BCUT2D eigenvalue weighted by molar-refractivity contribution is 5.81. The molecule has 0 spiro atoms. The molecule has 3 amide bonds. The number of amides is 3. The summed E-state index contributed by atoms with van der Waals surface area (Å²) in [5.74, 6) is 0.496. The van der Waals surface area contributed by atoms with Gasteiger partial charge in [0.15, 0.2) is 0 Å². The number of hydrogen-bond donors (Lipinski definition) is 4. The molecule has 0 rings (SSSR count). The van der Waals surface area contributed by atoms with Crippen molar-refractivity contribution < 1.29 is 9.59 Å². The van der Waals surface area contributed by atoms with E-state index in [2.05, 4.69) is 35.3 Å². The zero-order valence-corrected chi connectivity index (χ0v) is 13.2.